The van der Waals surface area contributed by atoms with Crippen molar-refractivity contribution < 1.29 is 14.0 Å². The van der Waals surface area contributed by atoms with Crippen molar-refractivity contribution in [2.75, 3.05) is 0 Å². The number of halogens is 2. The average molecular weight is 339 g/mol. The Hall–Kier alpha value is -2.78. The zero-order chi connectivity index (χ0) is 17.1. The van der Waals surface area contributed by atoms with Crippen LogP contribution in [-0.4, -0.2) is 11.6 Å². The highest BCUT2D eigenvalue weighted by Gasteiger charge is 2.19. The van der Waals surface area contributed by atoms with E-state index in [0.717, 1.165) is 0 Å². The quantitative estimate of drug-likeness (QED) is 0.631. The van der Waals surface area contributed by atoms with Gasteiger partial charge in [-0.05, 0) is 48.5 Å². The molecule has 0 N–H and O–H groups in total. The fourth-order valence-corrected chi connectivity index (χ4v) is 2.52. The number of hydrogen-bond acceptors (Lipinski definition) is 2. The normalized spacial score (nSPS) is 10.4. The van der Waals surface area contributed by atoms with Gasteiger partial charge in [0.05, 0.1) is 0 Å². The second-order valence-electron chi connectivity index (χ2n) is 5.22. The summed E-state index contributed by atoms with van der Waals surface area (Å²) in [5.74, 6) is -1.01. The summed E-state index contributed by atoms with van der Waals surface area (Å²) >= 11 is 5.84. The van der Waals surface area contributed by atoms with E-state index in [9.17, 15) is 14.0 Å². The van der Waals surface area contributed by atoms with Crippen molar-refractivity contribution in [3.05, 3.63) is 106 Å². The lowest BCUT2D eigenvalue weighted by molar-refractivity contribution is 0.100. The standard InChI is InChI=1S/C20H12ClFO2/c21-15-9-5-13(6-10-15)19(23)17-3-1-2-4-18(17)20(24)14-7-11-16(22)12-8-14/h1-12H. The molecule has 0 unspecified atom stereocenters. The van der Waals surface area contributed by atoms with Crippen LogP contribution in [0.15, 0.2) is 72.8 Å². The Morgan fingerprint density at radius 2 is 1.08 bits per heavy atom. The lowest BCUT2D eigenvalue weighted by Gasteiger charge is -2.08. The highest BCUT2D eigenvalue weighted by molar-refractivity contribution is 6.30. The molecule has 0 aliphatic carbocycles. The molecule has 0 aromatic heterocycles. The van der Waals surface area contributed by atoms with Crippen LogP contribution in [0.5, 0.6) is 0 Å². The largest absolute Gasteiger partial charge is 0.289 e. The van der Waals surface area contributed by atoms with Gasteiger partial charge in [-0.3, -0.25) is 9.59 Å². The predicted octanol–water partition coefficient (Wildman–Crippen LogP) is 4.94. The molecule has 4 heteroatoms. The molecule has 0 spiro atoms. The van der Waals surface area contributed by atoms with Crippen LogP contribution in [0.3, 0.4) is 0 Å². The van der Waals surface area contributed by atoms with Crippen LogP contribution < -0.4 is 0 Å². The lowest BCUT2D eigenvalue weighted by Crippen LogP contribution is -2.11. The molecule has 0 saturated heterocycles. The smallest absolute Gasteiger partial charge is 0.193 e. The van der Waals surface area contributed by atoms with Gasteiger partial charge in [0.2, 0.25) is 0 Å². The van der Waals surface area contributed by atoms with Gasteiger partial charge in [-0.15, -0.1) is 0 Å². The summed E-state index contributed by atoms with van der Waals surface area (Å²) in [5, 5.41) is 0.530. The van der Waals surface area contributed by atoms with Crippen molar-refractivity contribution in [3.8, 4) is 0 Å². The third-order valence-electron chi connectivity index (χ3n) is 3.63. The molecule has 24 heavy (non-hydrogen) atoms. The minimum Gasteiger partial charge on any atom is -0.289 e. The highest BCUT2D eigenvalue weighted by atomic mass is 35.5. The number of hydrogen-bond donors (Lipinski definition) is 0. The van der Waals surface area contributed by atoms with Crippen molar-refractivity contribution in [2.45, 2.75) is 0 Å². The maximum Gasteiger partial charge on any atom is 0.193 e. The molecule has 3 rings (SSSR count). The molecule has 3 aromatic rings. The Morgan fingerprint density at radius 1 is 0.667 bits per heavy atom. The fourth-order valence-electron chi connectivity index (χ4n) is 2.39. The van der Waals surface area contributed by atoms with Gasteiger partial charge in [-0.2, -0.15) is 0 Å². The first-order valence-electron chi connectivity index (χ1n) is 7.26. The van der Waals surface area contributed by atoms with Crippen LogP contribution in [0.2, 0.25) is 5.02 Å². The number of rotatable bonds is 4. The number of benzene rings is 3. The summed E-state index contributed by atoms with van der Waals surface area (Å²) in [6.45, 7) is 0. The predicted molar refractivity (Wildman–Crippen MR) is 91.2 cm³/mol. The monoisotopic (exact) mass is 338 g/mol. The molecular formula is C20H12ClFO2. The molecular weight excluding hydrogens is 327 g/mol. The molecule has 3 aromatic carbocycles. The minimum atomic E-state index is -0.419. The van der Waals surface area contributed by atoms with Crippen LogP contribution in [0.25, 0.3) is 0 Å². The maximum atomic E-state index is 13.0. The van der Waals surface area contributed by atoms with E-state index in [2.05, 4.69) is 0 Å². The molecule has 0 aliphatic heterocycles. The molecule has 0 bridgehead atoms. The van der Waals surface area contributed by atoms with E-state index in [-0.39, 0.29) is 17.1 Å². The van der Waals surface area contributed by atoms with E-state index in [1.807, 2.05) is 0 Å². The van der Waals surface area contributed by atoms with Gasteiger partial charge in [-0.25, -0.2) is 4.39 Å². The Kier molecular flexibility index (Phi) is 4.54. The van der Waals surface area contributed by atoms with E-state index in [0.29, 0.717) is 21.7 Å². The molecule has 118 valence electrons. The molecule has 0 amide bonds. The van der Waals surface area contributed by atoms with E-state index in [1.54, 1.807) is 48.5 Å². The third kappa shape index (κ3) is 3.26. The fraction of sp³-hybridized carbons (Fsp3) is 0. The van der Waals surface area contributed by atoms with Gasteiger partial charge in [-0.1, -0.05) is 35.9 Å². The van der Waals surface area contributed by atoms with Crippen LogP contribution in [0.4, 0.5) is 4.39 Å². The zero-order valence-electron chi connectivity index (χ0n) is 12.5. The van der Waals surface area contributed by atoms with Crippen molar-refractivity contribution in [3.63, 3.8) is 0 Å². The highest BCUT2D eigenvalue weighted by Crippen LogP contribution is 2.20. The van der Waals surface area contributed by atoms with Crippen molar-refractivity contribution in [1.29, 1.82) is 0 Å². The van der Waals surface area contributed by atoms with E-state index < -0.39 is 5.82 Å². The minimum absolute atomic E-state index is 0.266. The molecule has 0 heterocycles. The number of ketones is 2. The van der Waals surface area contributed by atoms with E-state index >= 15 is 0 Å². The van der Waals surface area contributed by atoms with Crippen molar-refractivity contribution in [2.24, 2.45) is 0 Å². The van der Waals surface area contributed by atoms with Crippen LogP contribution in [-0.2, 0) is 0 Å². The summed E-state index contributed by atoms with van der Waals surface area (Å²) in [5.41, 5.74) is 1.35. The SMILES string of the molecule is O=C(c1ccc(F)cc1)c1ccccc1C(=O)c1ccc(Cl)cc1. The first kappa shape index (κ1) is 16.1. The first-order valence-corrected chi connectivity index (χ1v) is 7.63. The summed E-state index contributed by atoms with van der Waals surface area (Å²) in [6.07, 6.45) is 0. The Labute approximate surface area is 143 Å². The van der Waals surface area contributed by atoms with E-state index in [4.69, 9.17) is 11.6 Å². The molecule has 2 nitrogen and oxygen atoms in total. The Morgan fingerprint density at radius 3 is 1.54 bits per heavy atom. The number of carbonyl (C=O) groups excluding carboxylic acids is 2. The van der Waals surface area contributed by atoms with Crippen LogP contribution in [0.1, 0.15) is 31.8 Å². The Bertz CT molecular complexity index is 823. The Balaban J connectivity index is 2.01. The number of carbonyl (C=O) groups is 2. The maximum absolute atomic E-state index is 13.0. The van der Waals surface area contributed by atoms with Gasteiger partial charge in [0, 0.05) is 27.3 Å². The van der Waals surface area contributed by atoms with Crippen LogP contribution in [0, 0.1) is 5.82 Å². The molecule has 0 aliphatic rings. The van der Waals surface area contributed by atoms with Crippen molar-refractivity contribution >= 4 is 23.2 Å². The van der Waals surface area contributed by atoms with E-state index in [1.165, 1.54) is 24.3 Å². The van der Waals surface area contributed by atoms with Gasteiger partial charge in [0.1, 0.15) is 5.82 Å². The van der Waals surface area contributed by atoms with Crippen molar-refractivity contribution in [1.82, 2.24) is 0 Å². The second kappa shape index (κ2) is 6.77. The van der Waals surface area contributed by atoms with Gasteiger partial charge in [0.15, 0.2) is 11.6 Å². The molecule has 0 atom stereocenters. The summed E-state index contributed by atoms with van der Waals surface area (Å²) < 4.78 is 13.0. The molecule has 0 fully saturated rings. The topological polar surface area (TPSA) is 34.1 Å². The second-order valence-corrected chi connectivity index (χ2v) is 5.65. The average Bonchev–Trinajstić information content (AvgIpc) is 2.62. The molecule has 0 saturated carbocycles. The summed E-state index contributed by atoms with van der Waals surface area (Å²) in [4.78, 5) is 25.4. The lowest BCUT2D eigenvalue weighted by atomic mass is 9.93. The summed E-state index contributed by atoms with van der Waals surface area (Å²) in [7, 11) is 0. The van der Waals surface area contributed by atoms with Gasteiger partial charge >= 0.3 is 0 Å². The first-order chi connectivity index (χ1) is 11.6. The third-order valence-corrected chi connectivity index (χ3v) is 3.88. The van der Waals surface area contributed by atoms with Gasteiger partial charge in [0.25, 0.3) is 0 Å². The zero-order valence-corrected chi connectivity index (χ0v) is 13.3. The van der Waals surface area contributed by atoms with Gasteiger partial charge < -0.3 is 0 Å². The summed E-state index contributed by atoms with van der Waals surface area (Å²) in [6, 6.07) is 18.3. The van der Waals surface area contributed by atoms with Crippen LogP contribution >= 0.6 is 11.6 Å². The molecule has 0 radical (unpaired) electrons.